The molecule has 0 bridgehead atoms. The van der Waals surface area contributed by atoms with Gasteiger partial charge in [-0.25, -0.2) is 0 Å². The van der Waals surface area contributed by atoms with Crippen molar-refractivity contribution in [1.29, 1.82) is 5.26 Å². The minimum atomic E-state index is -0.562. The van der Waals surface area contributed by atoms with E-state index in [9.17, 15) is 5.26 Å². The van der Waals surface area contributed by atoms with Crippen molar-refractivity contribution < 1.29 is 18.9 Å². The van der Waals surface area contributed by atoms with Gasteiger partial charge in [0.25, 0.3) is 0 Å². The quantitative estimate of drug-likeness (QED) is 0.439. The largest absolute Gasteiger partial charge is 0.374 e. The molecule has 0 aromatic heterocycles. The van der Waals surface area contributed by atoms with Gasteiger partial charge in [0.05, 0.1) is 38.6 Å². The van der Waals surface area contributed by atoms with Crippen LogP contribution in [0.25, 0.3) is 0 Å². The Morgan fingerprint density at radius 1 is 0.727 bits per heavy atom. The Morgan fingerprint density at radius 3 is 1.79 bits per heavy atom. The highest BCUT2D eigenvalue weighted by atomic mass is 16.6. The van der Waals surface area contributed by atoms with E-state index in [-0.39, 0.29) is 12.2 Å². The smallest absolute Gasteiger partial charge is 0.147 e. The summed E-state index contributed by atoms with van der Waals surface area (Å²) in [6.45, 7) is 1.68. The van der Waals surface area contributed by atoms with Gasteiger partial charge in [-0.3, -0.25) is 0 Å². The van der Waals surface area contributed by atoms with Gasteiger partial charge < -0.3 is 18.9 Å². The van der Waals surface area contributed by atoms with E-state index in [2.05, 4.69) is 6.07 Å². The van der Waals surface area contributed by atoms with E-state index in [0.717, 1.165) is 16.7 Å². The third-order valence-corrected chi connectivity index (χ3v) is 5.65. The number of ether oxygens (including phenoxy) is 4. The van der Waals surface area contributed by atoms with Gasteiger partial charge in [0.15, 0.2) is 0 Å². The Balaban J connectivity index is 1.45. The Kier molecular flexibility index (Phi) is 8.62. The predicted molar refractivity (Wildman–Crippen MR) is 125 cm³/mol. The molecule has 33 heavy (non-hydrogen) atoms. The van der Waals surface area contributed by atoms with Gasteiger partial charge in [-0.2, -0.15) is 5.26 Å². The van der Waals surface area contributed by atoms with E-state index >= 15 is 0 Å². The molecule has 1 saturated heterocycles. The molecular weight excluding hydrogens is 414 g/mol. The van der Waals surface area contributed by atoms with Gasteiger partial charge in [0.2, 0.25) is 0 Å². The van der Waals surface area contributed by atoms with Crippen LogP contribution in [0.2, 0.25) is 0 Å². The summed E-state index contributed by atoms with van der Waals surface area (Å²) in [7, 11) is 0. The molecule has 0 unspecified atom stereocenters. The third kappa shape index (κ3) is 6.98. The van der Waals surface area contributed by atoms with Crippen molar-refractivity contribution in [3.05, 3.63) is 108 Å². The number of hydrogen-bond acceptors (Lipinski definition) is 5. The molecule has 1 aliphatic rings. The van der Waals surface area contributed by atoms with E-state index < -0.39 is 12.2 Å². The van der Waals surface area contributed by atoms with Crippen molar-refractivity contribution in [2.75, 3.05) is 6.61 Å². The second kappa shape index (κ2) is 12.3. The van der Waals surface area contributed by atoms with Crippen LogP contribution in [0.15, 0.2) is 91.0 Å². The topological polar surface area (TPSA) is 60.7 Å². The first-order valence-corrected chi connectivity index (χ1v) is 11.3. The fourth-order valence-electron chi connectivity index (χ4n) is 3.93. The Labute approximate surface area is 195 Å². The standard InChI is InChI=1S/C28H29NO4/c29-17-25-16-26(31-19-23-12-6-2-7-13-23)28(32-20-24-14-8-3-9-15-24)27(33-25)21-30-18-22-10-4-1-5-11-22/h1-15,25-28H,16,18-21H2/t25-,26-,27-,28-/m1/s1. The summed E-state index contributed by atoms with van der Waals surface area (Å²) < 4.78 is 24.7. The second-order valence-corrected chi connectivity index (χ2v) is 8.12. The summed E-state index contributed by atoms with van der Waals surface area (Å²) >= 11 is 0. The van der Waals surface area contributed by atoms with Crippen LogP contribution in [0.1, 0.15) is 23.1 Å². The number of hydrogen-bond donors (Lipinski definition) is 0. The van der Waals surface area contributed by atoms with Crippen LogP contribution in [0.5, 0.6) is 0 Å². The van der Waals surface area contributed by atoms with Crippen LogP contribution in [0.4, 0.5) is 0 Å². The lowest BCUT2D eigenvalue weighted by Gasteiger charge is -2.39. The maximum absolute atomic E-state index is 9.60. The summed E-state index contributed by atoms with van der Waals surface area (Å²) in [5.41, 5.74) is 3.24. The molecule has 1 aliphatic heterocycles. The minimum Gasteiger partial charge on any atom is -0.374 e. The van der Waals surface area contributed by atoms with Crippen LogP contribution in [0, 0.1) is 11.3 Å². The lowest BCUT2D eigenvalue weighted by atomic mass is 9.97. The highest BCUT2D eigenvalue weighted by Crippen LogP contribution is 2.27. The molecule has 3 aromatic rings. The zero-order valence-electron chi connectivity index (χ0n) is 18.6. The van der Waals surface area contributed by atoms with Crippen molar-refractivity contribution in [3.63, 3.8) is 0 Å². The normalized spacial score (nSPS) is 22.5. The van der Waals surface area contributed by atoms with Gasteiger partial charge >= 0.3 is 0 Å². The summed E-state index contributed by atoms with van der Waals surface area (Å²) in [5.74, 6) is 0. The fraction of sp³-hybridized carbons (Fsp3) is 0.321. The lowest BCUT2D eigenvalue weighted by molar-refractivity contribution is -0.210. The average molecular weight is 444 g/mol. The van der Waals surface area contributed by atoms with Gasteiger partial charge in [0, 0.05) is 6.42 Å². The van der Waals surface area contributed by atoms with Crippen molar-refractivity contribution in [1.82, 2.24) is 0 Å². The molecular formula is C28H29NO4. The number of nitriles is 1. The van der Waals surface area contributed by atoms with Crippen molar-refractivity contribution in [2.24, 2.45) is 0 Å². The monoisotopic (exact) mass is 443 g/mol. The van der Waals surface area contributed by atoms with Gasteiger partial charge in [-0.1, -0.05) is 91.0 Å². The molecule has 1 heterocycles. The van der Waals surface area contributed by atoms with Crippen LogP contribution >= 0.6 is 0 Å². The molecule has 4 atom stereocenters. The van der Waals surface area contributed by atoms with E-state index in [1.807, 2.05) is 91.0 Å². The predicted octanol–water partition coefficient (Wildman–Crippen LogP) is 5.06. The van der Waals surface area contributed by atoms with Crippen LogP contribution in [-0.2, 0) is 38.8 Å². The average Bonchev–Trinajstić information content (AvgIpc) is 2.88. The SMILES string of the molecule is N#C[C@H]1C[C@@H](OCc2ccccc2)[C@@H](OCc2ccccc2)[C@@H](COCc2ccccc2)O1. The summed E-state index contributed by atoms with van der Waals surface area (Å²) in [6.07, 6.45) is -1.14. The Hall–Kier alpha value is -3.01. The summed E-state index contributed by atoms with van der Waals surface area (Å²) in [5, 5.41) is 9.60. The lowest BCUT2D eigenvalue weighted by Crippen LogP contribution is -2.52. The van der Waals surface area contributed by atoms with Crippen molar-refractivity contribution >= 4 is 0 Å². The van der Waals surface area contributed by atoms with E-state index in [1.165, 1.54) is 0 Å². The van der Waals surface area contributed by atoms with E-state index in [4.69, 9.17) is 18.9 Å². The zero-order valence-corrected chi connectivity index (χ0v) is 18.6. The molecule has 5 nitrogen and oxygen atoms in total. The van der Waals surface area contributed by atoms with Gasteiger partial charge in [-0.15, -0.1) is 0 Å². The Morgan fingerprint density at radius 2 is 1.24 bits per heavy atom. The van der Waals surface area contributed by atoms with Gasteiger partial charge in [-0.05, 0) is 16.7 Å². The zero-order chi connectivity index (χ0) is 22.7. The van der Waals surface area contributed by atoms with Crippen LogP contribution < -0.4 is 0 Å². The molecule has 0 spiro atoms. The van der Waals surface area contributed by atoms with Crippen molar-refractivity contribution in [3.8, 4) is 6.07 Å². The molecule has 1 fully saturated rings. The second-order valence-electron chi connectivity index (χ2n) is 8.12. The summed E-state index contributed by atoms with van der Waals surface area (Å²) in [4.78, 5) is 0. The molecule has 0 N–H and O–H groups in total. The molecule has 0 radical (unpaired) electrons. The Bertz CT molecular complexity index is 991. The number of rotatable bonds is 10. The third-order valence-electron chi connectivity index (χ3n) is 5.65. The van der Waals surface area contributed by atoms with Crippen LogP contribution in [-0.4, -0.2) is 31.0 Å². The molecule has 4 rings (SSSR count). The first-order valence-electron chi connectivity index (χ1n) is 11.3. The van der Waals surface area contributed by atoms with Crippen LogP contribution in [0.3, 0.4) is 0 Å². The fourth-order valence-corrected chi connectivity index (χ4v) is 3.93. The van der Waals surface area contributed by atoms with E-state index in [1.54, 1.807) is 0 Å². The molecule has 170 valence electrons. The molecule has 0 aliphatic carbocycles. The highest BCUT2D eigenvalue weighted by molar-refractivity contribution is 5.15. The number of benzene rings is 3. The van der Waals surface area contributed by atoms with Gasteiger partial charge in [0.1, 0.15) is 18.3 Å². The maximum atomic E-state index is 9.60. The molecule has 0 saturated carbocycles. The first-order chi connectivity index (χ1) is 16.3. The molecule has 0 amide bonds. The van der Waals surface area contributed by atoms with Crippen molar-refractivity contribution in [2.45, 2.75) is 50.7 Å². The maximum Gasteiger partial charge on any atom is 0.147 e. The van der Waals surface area contributed by atoms with E-state index in [0.29, 0.717) is 32.8 Å². The summed E-state index contributed by atoms with van der Waals surface area (Å²) in [6, 6.07) is 32.3. The first kappa shape index (κ1) is 23.2. The highest BCUT2D eigenvalue weighted by Gasteiger charge is 2.40. The number of nitrogens with zero attached hydrogens (tertiary/aromatic N) is 1. The minimum absolute atomic E-state index is 0.280. The molecule has 3 aromatic carbocycles. The molecule has 5 heteroatoms.